The molecule has 1 amide bonds. The molecule has 29 heavy (non-hydrogen) atoms. The molecule has 1 spiro atoms. The molecule has 1 aromatic carbocycles. The average molecular weight is 462 g/mol. The number of nitriles is 1. The van der Waals surface area contributed by atoms with Crippen molar-refractivity contribution >= 4 is 39.5 Å². The molecule has 0 bridgehead atoms. The first-order valence-corrected chi connectivity index (χ1v) is 9.08. The van der Waals surface area contributed by atoms with Crippen molar-refractivity contribution in [3.05, 3.63) is 51.0 Å². The van der Waals surface area contributed by atoms with Gasteiger partial charge in [-0.15, -0.1) is 0 Å². The quantitative estimate of drug-likeness (QED) is 0.667. The molecule has 1 atom stereocenters. The number of hydrogen-bond acceptors (Lipinski definition) is 8. The highest BCUT2D eigenvalue weighted by molar-refractivity contribution is 9.10. The van der Waals surface area contributed by atoms with E-state index in [4.69, 9.17) is 15.2 Å². The van der Waals surface area contributed by atoms with Gasteiger partial charge in [0.1, 0.15) is 29.4 Å². The van der Waals surface area contributed by atoms with E-state index in [0.29, 0.717) is 15.7 Å². The van der Waals surface area contributed by atoms with E-state index < -0.39 is 29.7 Å². The summed E-state index contributed by atoms with van der Waals surface area (Å²) in [5.74, 6) is -2.85. The Balaban J connectivity index is 2.47. The van der Waals surface area contributed by atoms with Crippen molar-refractivity contribution < 1.29 is 28.6 Å². The smallest absolute Gasteiger partial charge is 0.339 e. The Kier molecular flexibility index (Phi) is 5.11. The zero-order valence-electron chi connectivity index (χ0n) is 15.7. The van der Waals surface area contributed by atoms with Crippen LogP contribution in [0.4, 0.5) is 5.69 Å². The van der Waals surface area contributed by atoms with Crippen molar-refractivity contribution in [2.75, 3.05) is 26.2 Å². The standard InChI is InChI=1S/C19H16BrN3O6/c1-23-12-5-4-9(20)6-10(12)19(18(23)26)11(8-21)16(22)29-13(7-14(24)27-2)15(19)17(25)28-3/h4-6H,7,22H2,1-3H3/t19-/m0/s1. The van der Waals surface area contributed by atoms with Gasteiger partial charge in [0.15, 0.2) is 5.41 Å². The second-order valence-corrected chi connectivity index (χ2v) is 7.19. The van der Waals surface area contributed by atoms with Crippen molar-refractivity contribution in [1.82, 2.24) is 0 Å². The lowest BCUT2D eigenvalue weighted by molar-refractivity contribution is -0.141. The van der Waals surface area contributed by atoms with E-state index in [1.54, 1.807) is 18.2 Å². The first-order valence-electron chi connectivity index (χ1n) is 8.29. The largest absolute Gasteiger partial charge is 0.469 e. The van der Waals surface area contributed by atoms with Crippen molar-refractivity contribution in [3.8, 4) is 6.07 Å². The van der Waals surface area contributed by atoms with Gasteiger partial charge in [-0.2, -0.15) is 5.26 Å². The summed E-state index contributed by atoms with van der Waals surface area (Å²) in [6.07, 6.45) is -0.484. The Morgan fingerprint density at radius 3 is 2.62 bits per heavy atom. The lowest BCUT2D eigenvalue weighted by atomic mass is 9.68. The number of likely N-dealkylation sites (N-methyl/N-ethyl adjacent to an activating group) is 1. The predicted octanol–water partition coefficient (Wildman–Crippen LogP) is 1.38. The molecule has 0 aromatic heterocycles. The number of benzene rings is 1. The molecule has 1 aromatic rings. The molecular formula is C19H16BrN3O6. The van der Waals surface area contributed by atoms with Crippen molar-refractivity contribution in [2.24, 2.45) is 5.73 Å². The zero-order valence-corrected chi connectivity index (χ0v) is 17.3. The normalized spacial score (nSPS) is 20.4. The van der Waals surface area contributed by atoms with Gasteiger partial charge in [-0.3, -0.25) is 9.59 Å². The van der Waals surface area contributed by atoms with Crippen LogP contribution in [0.15, 0.2) is 45.5 Å². The van der Waals surface area contributed by atoms with E-state index >= 15 is 0 Å². The SMILES string of the molecule is COC(=O)CC1=C(C(=O)OC)[C@@]2(C(=O)N(C)c3ccc(Br)cc32)C(C#N)=C(N)O1. The van der Waals surface area contributed by atoms with Gasteiger partial charge >= 0.3 is 11.9 Å². The lowest BCUT2D eigenvalue weighted by Gasteiger charge is -2.34. The Morgan fingerprint density at radius 2 is 2.03 bits per heavy atom. The second kappa shape index (κ2) is 7.25. The van der Waals surface area contributed by atoms with Gasteiger partial charge in [-0.1, -0.05) is 15.9 Å². The third kappa shape index (κ3) is 2.77. The average Bonchev–Trinajstić information content (AvgIpc) is 2.90. The highest BCUT2D eigenvalue weighted by atomic mass is 79.9. The topological polar surface area (TPSA) is 132 Å². The Labute approximate surface area is 174 Å². The van der Waals surface area contributed by atoms with Crippen LogP contribution in [0.25, 0.3) is 0 Å². The molecule has 0 unspecified atom stereocenters. The number of carbonyl (C=O) groups is 3. The second-order valence-electron chi connectivity index (χ2n) is 6.27. The van der Waals surface area contributed by atoms with E-state index in [2.05, 4.69) is 20.7 Å². The van der Waals surface area contributed by atoms with Crippen LogP contribution in [0, 0.1) is 11.3 Å². The fourth-order valence-electron chi connectivity index (χ4n) is 3.65. The van der Waals surface area contributed by atoms with Gasteiger partial charge in [-0.05, 0) is 18.2 Å². The van der Waals surface area contributed by atoms with Crippen molar-refractivity contribution in [2.45, 2.75) is 11.8 Å². The number of rotatable bonds is 3. The molecule has 0 aliphatic carbocycles. The first kappa shape index (κ1) is 20.4. The minimum Gasteiger partial charge on any atom is -0.469 e. The fourth-order valence-corrected chi connectivity index (χ4v) is 4.01. The third-order valence-electron chi connectivity index (χ3n) is 4.89. The number of nitrogens with two attached hydrogens (primary N) is 1. The third-order valence-corrected chi connectivity index (χ3v) is 5.38. The van der Waals surface area contributed by atoms with E-state index in [9.17, 15) is 19.6 Å². The molecule has 0 fully saturated rings. The molecule has 10 heteroatoms. The summed E-state index contributed by atoms with van der Waals surface area (Å²) in [5, 5.41) is 9.86. The molecule has 0 radical (unpaired) electrons. The molecule has 3 rings (SSSR count). The summed E-state index contributed by atoms with van der Waals surface area (Å²) < 4.78 is 15.6. The highest BCUT2D eigenvalue weighted by Gasteiger charge is 2.62. The monoisotopic (exact) mass is 461 g/mol. The maximum absolute atomic E-state index is 13.6. The van der Waals surface area contributed by atoms with Crippen LogP contribution in [0.1, 0.15) is 12.0 Å². The van der Waals surface area contributed by atoms with Gasteiger partial charge < -0.3 is 24.8 Å². The number of hydrogen-bond donors (Lipinski definition) is 1. The first-order chi connectivity index (χ1) is 13.7. The Morgan fingerprint density at radius 1 is 1.34 bits per heavy atom. The molecule has 0 saturated heterocycles. The number of amides is 1. The van der Waals surface area contributed by atoms with E-state index in [1.807, 2.05) is 6.07 Å². The number of methoxy groups -OCH3 is 2. The summed E-state index contributed by atoms with van der Waals surface area (Å²) in [6.45, 7) is 0. The van der Waals surface area contributed by atoms with Crippen LogP contribution in [0.2, 0.25) is 0 Å². The summed E-state index contributed by atoms with van der Waals surface area (Å²) in [7, 11) is 3.80. The van der Waals surface area contributed by atoms with E-state index in [-0.39, 0.29) is 22.8 Å². The highest BCUT2D eigenvalue weighted by Crippen LogP contribution is 2.54. The molecule has 0 saturated carbocycles. The maximum atomic E-state index is 13.6. The minimum atomic E-state index is -1.92. The van der Waals surface area contributed by atoms with Crippen LogP contribution < -0.4 is 10.6 Å². The van der Waals surface area contributed by atoms with Crippen LogP contribution in [-0.4, -0.2) is 39.1 Å². The number of ether oxygens (including phenoxy) is 3. The molecule has 2 N–H and O–H groups in total. The summed E-state index contributed by atoms with van der Waals surface area (Å²) in [4.78, 5) is 39.7. The van der Waals surface area contributed by atoms with Gasteiger partial charge in [-0.25, -0.2) is 4.79 Å². The van der Waals surface area contributed by atoms with Gasteiger partial charge in [0.25, 0.3) is 0 Å². The molecule has 9 nitrogen and oxygen atoms in total. The van der Waals surface area contributed by atoms with Crippen molar-refractivity contribution in [3.63, 3.8) is 0 Å². The number of halogens is 1. The molecular weight excluding hydrogens is 446 g/mol. The summed E-state index contributed by atoms with van der Waals surface area (Å²) >= 11 is 3.35. The Hall–Kier alpha value is -3.32. The molecule has 150 valence electrons. The predicted molar refractivity (Wildman–Crippen MR) is 103 cm³/mol. The maximum Gasteiger partial charge on any atom is 0.339 e. The van der Waals surface area contributed by atoms with Crippen LogP contribution in [0.5, 0.6) is 0 Å². The van der Waals surface area contributed by atoms with Crippen LogP contribution >= 0.6 is 15.9 Å². The van der Waals surface area contributed by atoms with Crippen LogP contribution in [0.3, 0.4) is 0 Å². The molecule has 2 aliphatic rings. The number of fused-ring (bicyclic) bond motifs is 2. The number of nitrogens with zero attached hydrogens (tertiary/aromatic N) is 2. The van der Waals surface area contributed by atoms with E-state index in [0.717, 1.165) is 7.11 Å². The number of anilines is 1. The zero-order chi connectivity index (χ0) is 21.5. The Bertz CT molecular complexity index is 1050. The van der Waals surface area contributed by atoms with Crippen molar-refractivity contribution in [1.29, 1.82) is 5.26 Å². The number of esters is 2. The minimum absolute atomic E-state index is 0.213. The van der Waals surface area contributed by atoms with Gasteiger partial charge in [0, 0.05) is 22.8 Å². The summed E-state index contributed by atoms with van der Waals surface area (Å²) in [6, 6.07) is 6.91. The molecule has 2 heterocycles. The fraction of sp³-hybridized carbons (Fsp3) is 0.263. The lowest BCUT2D eigenvalue weighted by Crippen LogP contribution is -2.48. The number of carbonyl (C=O) groups excluding carboxylic acids is 3. The van der Waals surface area contributed by atoms with Gasteiger partial charge in [0.2, 0.25) is 11.8 Å². The van der Waals surface area contributed by atoms with Crippen LogP contribution in [-0.2, 0) is 34.0 Å². The van der Waals surface area contributed by atoms with Gasteiger partial charge in [0.05, 0.1) is 14.2 Å². The van der Waals surface area contributed by atoms with E-state index in [1.165, 1.54) is 19.1 Å². The molecule has 2 aliphatic heterocycles. The summed E-state index contributed by atoms with van der Waals surface area (Å²) in [5.41, 5.74) is 4.32.